The SMILES string of the molecule is CN1CCN(C(=O)Cc2ccc(NC(=O)C3CC(O)CN3)cc2)CC1. The molecule has 0 bridgehead atoms. The number of β-amino-alcohol motifs (C(OH)–C–C–N with tert-alkyl or cyclic N) is 1. The number of nitrogens with zero attached hydrogens (tertiary/aromatic N) is 2. The number of piperazine rings is 1. The van der Waals surface area contributed by atoms with Crippen LogP contribution in [-0.4, -0.2) is 78.6 Å². The smallest absolute Gasteiger partial charge is 0.241 e. The quantitative estimate of drug-likeness (QED) is 0.695. The fourth-order valence-corrected chi connectivity index (χ4v) is 3.19. The second-order valence-corrected chi connectivity index (χ2v) is 6.90. The maximum atomic E-state index is 12.3. The van der Waals surface area contributed by atoms with E-state index in [2.05, 4.69) is 22.6 Å². The molecule has 0 saturated carbocycles. The molecule has 2 heterocycles. The molecule has 2 saturated heterocycles. The molecule has 1 aromatic carbocycles. The third kappa shape index (κ3) is 4.78. The van der Waals surface area contributed by atoms with Crippen molar-refractivity contribution in [3.63, 3.8) is 0 Å². The molecule has 3 N–H and O–H groups in total. The first kappa shape index (κ1) is 17.8. The number of benzene rings is 1. The van der Waals surface area contributed by atoms with Gasteiger partial charge >= 0.3 is 0 Å². The van der Waals surface area contributed by atoms with Gasteiger partial charge in [0.1, 0.15) is 0 Å². The average molecular weight is 346 g/mol. The number of hydrogen-bond donors (Lipinski definition) is 3. The minimum Gasteiger partial charge on any atom is -0.392 e. The third-order valence-corrected chi connectivity index (χ3v) is 4.86. The van der Waals surface area contributed by atoms with Gasteiger partial charge in [0, 0.05) is 38.4 Å². The molecule has 0 aliphatic carbocycles. The molecule has 2 unspecified atom stereocenters. The van der Waals surface area contributed by atoms with Crippen molar-refractivity contribution < 1.29 is 14.7 Å². The van der Waals surface area contributed by atoms with E-state index in [9.17, 15) is 14.7 Å². The Kier molecular flexibility index (Phi) is 5.67. The highest BCUT2D eigenvalue weighted by molar-refractivity contribution is 5.95. The molecule has 2 fully saturated rings. The molecule has 7 heteroatoms. The largest absolute Gasteiger partial charge is 0.392 e. The Morgan fingerprint density at radius 1 is 1.20 bits per heavy atom. The van der Waals surface area contributed by atoms with E-state index in [-0.39, 0.29) is 17.9 Å². The van der Waals surface area contributed by atoms with Gasteiger partial charge in [0.05, 0.1) is 18.6 Å². The first-order valence-corrected chi connectivity index (χ1v) is 8.79. The van der Waals surface area contributed by atoms with Crippen molar-refractivity contribution in [2.45, 2.75) is 25.0 Å². The summed E-state index contributed by atoms with van der Waals surface area (Å²) in [6.45, 7) is 3.85. The summed E-state index contributed by atoms with van der Waals surface area (Å²) in [6, 6.07) is 7.03. The number of anilines is 1. The van der Waals surface area contributed by atoms with Crippen LogP contribution in [0.25, 0.3) is 0 Å². The van der Waals surface area contributed by atoms with Gasteiger partial charge in [0.2, 0.25) is 11.8 Å². The van der Waals surface area contributed by atoms with Crippen LogP contribution in [0.4, 0.5) is 5.69 Å². The summed E-state index contributed by atoms with van der Waals surface area (Å²) in [5, 5.41) is 15.3. The van der Waals surface area contributed by atoms with Crippen molar-refractivity contribution in [1.29, 1.82) is 0 Å². The van der Waals surface area contributed by atoms with Crippen molar-refractivity contribution >= 4 is 17.5 Å². The van der Waals surface area contributed by atoms with Crippen molar-refractivity contribution in [2.24, 2.45) is 0 Å². The number of likely N-dealkylation sites (N-methyl/N-ethyl adjacent to an activating group) is 1. The van der Waals surface area contributed by atoms with Gasteiger partial charge in [-0.3, -0.25) is 9.59 Å². The molecule has 0 aromatic heterocycles. The fraction of sp³-hybridized carbons (Fsp3) is 0.556. The summed E-state index contributed by atoms with van der Waals surface area (Å²) < 4.78 is 0. The van der Waals surface area contributed by atoms with Crippen LogP contribution >= 0.6 is 0 Å². The Hall–Kier alpha value is -1.96. The van der Waals surface area contributed by atoms with Crippen molar-refractivity contribution in [1.82, 2.24) is 15.1 Å². The monoisotopic (exact) mass is 346 g/mol. The molecule has 2 amide bonds. The summed E-state index contributed by atoms with van der Waals surface area (Å²) in [6.07, 6.45) is 0.358. The van der Waals surface area contributed by atoms with Crippen LogP contribution in [0.1, 0.15) is 12.0 Å². The second kappa shape index (κ2) is 7.95. The molecule has 7 nitrogen and oxygen atoms in total. The van der Waals surface area contributed by atoms with Gasteiger partial charge in [-0.25, -0.2) is 0 Å². The van der Waals surface area contributed by atoms with E-state index in [1.165, 1.54) is 0 Å². The van der Waals surface area contributed by atoms with E-state index >= 15 is 0 Å². The van der Waals surface area contributed by atoms with Crippen LogP contribution in [-0.2, 0) is 16.0 Å². The maximum absolute atomic E-state index is 12.3. The molecule has 3 rings (SSSR count). The number of carbonyl (C=O) groups is 2. The van der Waals surface area contributed by atoms with Crippen LogP contribution in [0, 0.1) is 0 Å². The maximum Gasteiger partial charge on any atom is 0.241 e. The van der Waals surface area contributed by atoms with Crippen molar-refractivity contribution in [3.05, 3.63) is 29.8 Å². The van der Waals surface area contributed by atoms with E-state index in [1.807, 2.05) is 29.2 Å². The Morgan fingerprint density at radius 3 is 2.48 bits per heavy atom. The number of aliphatic hydroxyl groups is 1. The molecular formula is C18H26N4O3. The predicted octanol–water partition coefficient (Wildman–Crippen LogP) is -0.336. The zero-order chi connectivity index (χ0) is 17.8. The Morgan fingerprint density at radius 2 is 1.88 bits per heavy atom. The van der Waals surface area contributed by atoms with Crippen LogP contribution in [0.15, 0.2) is 24.3 Å². The number of rotatable bonds is 4. The van der Waals surface area contributed by atoms with Gasteiger partial charge < -0.3 is 25.5 Å². The topological polar surface area (TPSA) is 84.9 Å². The Labute approximate surface area is 148 Å². The molecular weight excluding hydrogens is 320 g/mol. The molecule has 0 spiro atoms. The Bertz CT molecular complexity index is 611. The van der Waals surface area contributed by atoms with E-state index in [0.29, 0.717) is 25.1 Å². The molecule has 2 aliphatic rings. The lowest BCUT2D eigenvalue weighted by molar-refractivity contribution is -0.132. The lowest BCUT2D eigenvalue weighted by Crippen LogP contribution is -2.47. The van der Waals surface area contributed by atoms with E-state index in [0.717, 1.165) is 31.7 Å². The van der Waals surface area contributed by atoms with Gasteiger partial charge in [-0.15, -0.1) is 0 Å². The number of nitrogens with one attached hydrogen (secondary N) is 2. The number of aliphatic hydroxyl groups excluding tert-OH is 1. The van der Waals surface area contributed by atoms with Gasteiger partial charge in [-0.05, 0) is 31.2 Å². The van der Waals surface area contributed by atoms with Gasteiger partial charge in [-0.2, -0.15) is 0 Å². The normalized spacial score (nSPS) is 24.3. The summed E-state index contributed by atoms with van der Waals surface area (Å²) in [5.74, 6) is 0.00633. The summed E-state index contributed by atoms with van der Waals surface area (Å²) in [5.41, 5.74) is 1.64. The standard InChI is InChI=1S/C18H26N4O3/c1-21-6-8-22(9-7-21)17(24)10-13-2-4-14(5-3-13)20-18(25)16-11-15(23)12-19-16/h2-5,15-16,19,23H,6-12H2,1H3,(H,20,25). The van der Waals surface area contributed by atoms with Crippen LogP contribution in [0.3, 0.4) is 0 Å². The predicted molar refractivity (Wildman–Crippen MR) is 95.3 cm³/mol. The van der Waals surface area contributed by atoms with Crippen molar-refractivity contribution in [2.75, 3.05) is 45.1 Å². The summed E-state index contributed by atoms with van der Waals surface area (Å²) in [7, 11) is 2.07. The first-order chi connectivity index (χ1) is 12.0. The lowest BCUT2D eigenvalue weighted by atomic mass is 10.1. The number of amides is 2. The zero-order valence-electron chi connectivity index (χ0n) is 14.6. The molecule has 0 radical (unpaired) electrons. The van der Waals surface area contributed by atoms with Gasteiger partial charge in [-0.1, -0.05) is 12.1 Å². The van der Waals surface area contributed by atoms with Crippen LogP contribution < -0.4 is 10.6 Å². The molecule has 1 aromatic rings. The molecule has 2 atom stereocenters. The zero-order valence-corrected chi connectivity index (χ0v) is 14.6. The second-order valence-electron chi connectivity index (χ2n) is 6.90. The average Bonchev–Trinajstić information content (AvgIpc) is 3.04. The van der Waals surface area contributed by atoms with Gasteiger partial charge in [0.15, 0.2) is 0 Å². The first-order valence-electron chi connectivity index (χ1n) is 8.79. The van der Waals surface area contributed by atoms with E-state index in [4.69, 9.17) is 0 Å². The molecule has 136 valence electrons. The highest BCUT2D eigenvalue weighted by Crippen LogP contribution is 2.14. The van der Waals surface area contributed by atoms with Crippen molar-refractivity contribution in [3.8, 4) is 0 Å². The number of hydrogen-bond acceptors (Lipinski definition) is 5. The minimum absolute atomic E-state index is 0.141. The highest BCUT2D eigenvalue weighted by Gasteiger charge is 2.28. The minimum atomic E-state index is -0.460. The van der Waals surface area contributed by atoms with E-state index < -0.39 is 6.10 Å². The lowest BCUT2D eigenvalue weighted by Gasteiger charge is -2.32. The summed E-state index contributed by atoms with van der Waals surface area (Å²) >= 11 is 0. The van der Waals surface area contributed by atoms with Crippen LogP contribution in [0.5, 0.6) is 0 Å². The third-order valence-electron chi connectivity index (χ3n) is 4.86. The molecule has 2 aliphatic heterocycles. The number of carbonyl (C=O) groups excluding carboxylic acids is 2. The highest BCUT2D eigenvalue weighted by atomic mass is 16.3. The summed E-state index contributed by atoms with van der Waals surface area (Å²) in [4.78, 5) is 28.6. The fourth-order valence-electron chi connectivity index (χ4n) is 3.19. The molecule has 25 heavy (non-hydrogen) atoms. The Balaban J connectivity index is 1.50. The van der Waals surface area contributed by atoms with E-state index in [1.54, 1.807) is 0 Å². The van der Waals surface area contributed by atoms with Crippen LogP contribution in [0.2, 0.25) is 0 Å². The van der Waals surface area contributed by atoms with Gasteiger partial charge in [0.25, 0.3) is 0 Å².